The van der Waals surface area contributed by atoms with Crippen LogP contribution in [-0.2, 0) is 11.2 Å². The summed E-state index contributed by atoms with van der Waals surface area (Å²) in [6.07, 6.45) is 2.04. The van der Waals surface area contributed by atoms with Crippen molar-refractivity contribution in [3.8, 4) is 5.75 Å². The van der Waals surface area contributed by atoms with Crippen LogP contribution in [0.15, 0.2) is 53.6 Å². The highest BCUT2D eigenvalue weighted by Gasteiger charge is 2.23. The Hall–Kier alpha value is -2.82. The van der Waals surface area contributed by atoms with Crippen molar-refractivity contribution >= 4 is 23.0 Å². The van der Waals surface area contributed by atoms with E-state index in [0.29, 0.717) is 5.84 Å². The Morgan fingerprint density at radius 3 is 2.62 bits per heavy atom. The first-order valence-corrected chi connectivity index (χ1v) is 8.03. The van der Waals surface area contributed by atoms with Gasteiger partial charge in [-0.25, -0.2) is 0 Å². The van der Waals surface area contributed by atoms with Crippen molar-refractivity contribution in [1.82, 2.24) is 0 Å². The van der Waals surface area contributed by atoms with Crippen molar-refractivity contribution in [3.05, 3.63) is 54.1 Å². The fourth-order valence-corrected chi connectivity index (χ4v) is 2.87. The van der Waals surface area contributed by atoms with Crippen LogP contribution in [0.2, 0.25) is 0 Å². The Labute approximate surface area is 141 Å². The molecule has 2 aromatic carbocycles. The van der Waals surface area contributed by atoms with Gasteiger partial charge in [-0.1, -0.05) is 18.2 Å². The molecule has 1 aliphatic heterocycles. The Morgan fingerprint density at radius 2 is 1.92 bits per heavy atom. The van der Waals surface area contributed by atoms with Crippen LogP contribution in [0.5, 0.6) is 5.75 Å². The van der Waals surface area contributed by atoms with Gasteiger partial charge in [0, 0.05) is 19.2 Å². The van der Waals surface area contributed by atoms with Crippen LogP contribution in [0.3, 0.4) is 0 Å². The summed E-state index contributed by atoms with van der Waals surface area (Å²) in [5.41, 5.74) is 6.10. The number of rotatable bonds is 4. The molecule has 0 fully saturated rings. The Balaban J connectivity index is 1.86. The van der Waals surface area contributed by atoms with Crippen LogP contribution >= 0.6 is 0 Å². The standard InChI is InChI=1S/C19H21N3O2/c1-14(23)19(21-20-16-9-11-17(24-2)12-10-16)22-13-5-7-15-6-3-4-8-18(15)22/h3-4,6,8-12,20H,5,7,13H2,1-2H3/b21-19+. The summed E-state index contributed by atoms with van der Waals surface area (Å²) in [6, 6.07) is 15.6. The second-order valence-corrected chi connectivity index (χ2v) is 5.72. The Morgan fingerprint density at radius 1 is 1.17 bits per heavy atom. The zero-order valence-electron chi connectivity index (χ0n) is 14.0. The molecule has 0 spiro atoms. The number of fused-ring (bicyclic) bond motifs is 1. The minimum absolute atomic E-state index is 0.0623. The molecule has 1 N–H and O–H groups in total. The number of aryl methyl sites for hydroxylation is 1. The summed E-state index contributed by atoms with van der Waals surface area (Å²) >= 11 is 0. The minimum atomic E-state index is -0.0623. The van der Waals surface area contributed by atoms with Crippen LogP contribution in [0.4, 0.5) is 11.4 Å². The molecule has 5 heteroatoms. The molecule has 0 amide bonds. The van der Waals surface area contributed by atoms with Crippen LogP contribution in [0.1, 0.15) is 18.9 Å². The number of nitrogens with one attached hydrogen (secondary N) is 1. The summed E-state index contributed by atoms with van der Waals surface area (Å²) in [4.78, 5) is 14.1. The van der Waals surface area contributed by atoms with Gasteiger partial charge in [0.2, 0.25) is 0 Å². The van der Waals surface area contributed by atoms with Crippen LogP contribution in [0, 0.1) is 0 Å². The molecule has 24 heavy (non-hydrogen) atoms. The number of methoxy groups -OCH3 is 1. The molecule has 3 rings (SSSR count). The number of hydrogen-bond donors (Lipinski definition) is 1. The zero-order chi connectivity index (χ0) is 16.9. The van der Waals surface area contributed by atoms with Crippen molar-refractivity contribution in [2.75, 3.05) is 24.0 Å². The predicted octanol–water partition coefficient (Wildman–Crippen LogP) is 3.46. The second kappa shape index (κ2) is 7.17. The van der Waals surface area contributed by atoms with E-state index in [2.05, 4.69) is 16.6 Å². The van der Waals surface area contributed by atoms with E-state index >= 15 is 0 Å². The number of benzene rings is 2. The normalized spacial score (nSPS) is 14.1. The van der Waals surface area contributed by atoms with Gasteiger partial charge in [-0.2, -0.15) is 5.10 Å². The van der Waals surface area contributed by atoms with Gasteiger partial charge in [-0.3, -0.25) is 10.2 Å². The number of amidine groups is 1. The number of hydrogen-bond acceptors (Lipinski definition) is 4. The second-order valence-electron chi connectivity index (χ2n) is 5.72. The molecule has 0 bridgehead atoms. The first kappa shape index (κ1) is 16.1. The van der Waals surface area contributed by atoms with Gasteiger partial charge in [0.15, 0.2) is 11.6 Å². The van der Waals surface area contributed by atoms with Gasteiger partial charge in [0.05, 0.1) is 12.8 Å². The van der Waals surface area contributed by atoms with E-state index in [1.807, 2.05) is 47.4 Å². The van der Waals surface area contributed by atoms with E-state index < -0.39 is 0 Å². The first-order chi connectivity index (χ1) is 11.7. The van der Waals surface area contributed by atoms with E-state index in [1.165, 1.54) is 5.56 Å². The van der Waals surface area contributed by atoms with Crippen molar-refractivity contribution in [1.29, 1.82) is 0 Å². The van der Waals surface area contributed by atoms with E-state index in [1.54, 1.807) is 14.0 Å². The van der Waals surface area contributed by atoms with E-state index in [-0.39, 0.29) is 5.78 Å². The maximum absolute atomic E-state index is 12.1. The summed E-state index contributed by atoms with van der Waals surface area (Å²) in [6.45, 7) is 2.34. The van der Waals surface area contributed by atoms with Crippen LogP contribution in [-0.4, -0.2) is 25.3 Å². The number of nitrogens with zero attached hydrogens (tertiary/aromatic N) is 2. The first-order valence-electron chi connectivity index (χ1n) is 8.03. The average Bonchev–Trinajstić information content (AvgIpc) is 2.62. The highest BCUT2D eigenvalue weighted by atomic mass is 16.5. The Kier molecular flexibility index (Phi) is 4.79. The molecule has 0 radical (unpaired) electrons. The molecule has 0 unspecified atom stereocenters. The third-order valence-corrected chi connectivity index (χ3v) is 4.06. The number of Topliss-reactive ketones (excluding diaryl/α,β-unsaturated/α-hetero) is 1. The molecule has 124 valence electrons. The van der Waals surface area contributed by atoms with E-state index in [0.717, 1.165) is 36.5 Å². The SMILES string of the molecule is COc1ccc(N/N=C(\C(C)=O)N2CCCc3ccccc32)cc1. The van der Waals surface area contributed by atoms with Gasteiger partial charge >= 0.3 is 0 Å². The van der Waals surface area contributed by atoms with Gasteiger partial charge in [0.1, 0.15) is 5.75 Å². The fourth-order valence-electron chi connectivity index (χ4n) is 2.87. The lowest BCUT2D eigenvalue weighted by Crippen LogP contribution is -2.39. The smallest absolute Gasteiger partial charge is 0.197 e. The molecule has 0 atom stereocenters. The van der Waals surface area contributed by atoms with Gasteiger partial charge in [-0.05, 0) is 48.7 Å². The lowest BCUT2D eigenvalue weighted by atomic mass is 10.0. The number of para-hydroxylation sites is 1. The van der Waals surface area contributed by atoms with Crippen molar-refractivity contribution in [3.63, 3.8) is 0 Å². The van der Waals surface area contributed by atoms with Gasteiger partial charge in [-0.15, -0.1) is 0 Å². The third kappa shape index (κ3) is 3.40. The molecular weight excluding hydrogens is 302 g/mol. The quantitative estimate of drug-likeness (QED) is 0.532. The van der Waals surface area contributed by atoms with E-state index in [4.69, 9.17) is 4.74 Å². The maximum atomic E-state index is 12.1. The lowest BCUT2D eigenvalue weighted by Gasteiger charge is -2.30. The summed E-state index contributed by atoms with van der Waals surface area (Å²) in [7, 11) is 1.63. The maximum Gasteiger partial charge on any atom is 0.197 e. The average molecular weight is 323 g/mol. The molecule has 1 aliphatic rings. The number of anilines is 2. The largest absolute Gasteiger partial charge is 0.497 e. The number of ether oxygens (including phenoxy) is 1. The summed E-state index contributed by atoms with van der Waals surface area (Å²) in [5.74, 6) is 1.15. The summed E-state index contributed by atoms with van der Waals surface area (Å²) in [5, 5.41) is 4.37. The highest BCUT2D eigenvalue weighted by Crippen LogP contribution is 2.27. The monoisotopic (exact) mass is 323 g/mol. The van der Waals surface area contributed by atoms with Crippen molar-refractivity contribution in [2.45, 2.75) is 19.8 Å². The summed E-state index contributed by atoms with van der Waals surface area (Å²) < 4.78 is 5.14. The molecule has 0 saturated carbocycles. The molecule has 1 heterocycles. The molecule has 2 aromatic rings. The third-order valence-electron chi connectivity index (χ3n) is 4.06. The molecule has 0 aliphatic carbocycles. The fraction of sp³-hybridized carbons (Fsp3) is 0.263. The number of carbonyl (C=O) groups is 1. The molecule has 0 aromatic heterocycles. The Bertz CT molecular complexity index is 753. The van der Waals surface area contributed by atoms with Crippen LogP contribution < -0.4 is 15.1 Å². The zero-order valence-corrected chi connectivity index (χ0v) is 14.0. The topological polar surface area (TPSA) is 53.9 Å². The molecule has 0 saturated heterocycles. The van der Waals surface area contributed by atoms with Crippen molar-refractivity contribution < 1.29 is 9.53 Å². The molecular formula is C19H21N3O2. The highest BCUT2D eigenvalue weighted by molar-refractivity contribution is 6.43. The van der Waals surface area contributed by atoms with Crippen LogP contribution in [0.25, 0.3) is 0 Å². The van der Waals surface area contributed by atoms with Crippen molar-refractivity contribution in [2.24, 2.45) is 5.10 Å². The van der Waals surface area contributed by atoms with Gasteiger partial charge < -0.3 is 9.64 Å². The minimum Gasteiger partial charge on any atom is -0.497 e. The predicted molar refractivity (Wildman–Crippen MR) is 96.8 cm³/mol. The van der Waals surface area contributed by atoms with Gasteiger partial charge in [0.25, 0.3) is 0 Å². The lowest BCUT2D eigenvalue weighted by molar-refractivity contribution is -0.111. The number of ketones is 1. The number of hydrazone groups is 1. The molecule has 5 nitrogen and oxygen atoms in total. The van der Waals surface area contributed by atoms with E-state index in [9.17, 15) is 4.79 Å². The number of carbonyl (C=O) groups excluding carboxylic acids is 1.